The number of piperidine rings is 1. The molecular weight excluding hydrogens is 206 g/mol. The average molecular weight is 223 g/mol. The molecule has 2 aliphatic rings. The van der Waals surface area contributed by atoms with Crippen molar-refractivity contribution in [2.75, 3.05) is 13.1 Å². The van der Waals surface area contributed by atoms with Crippen LogP contribution < -0.4 is 5.32 Å². The van der Waals surface area contributed by atoms with E-state index < -0.39 is 0 Å². The third-order valence-corrected chi connectivity index (χ3v) is 4.55. The van der Waals surface area contributed by atoms with Crippen LogP contribution in [-0.4, -0.2) is 13.1 Å². The molecule has 4 rings (SSSR count). The molecule has 86 valence electrons. The molecule has 2 fully saturated rings. The predicted octanol–water partition coefficient (Wildman–Crippen LogP) is 2.85. The number of benzene rings is 2. The summed E-state index contributed by atoms with van der Waals surface area (Å²) in [7, 11) is 0. The van der Waals surface area contributed by atoms with Crippen LogP contribution in [0.4, 0.5) is 0 Å². The molecule has 1 heteroatoms. The Morgan fingerprint density at radius 3 is 2.53 bits per heavy atom. The maximum absolute atomic E-state index is 3.47. The molecule has 2 unspecified atom stereocenters. The Kier molecular flexibility index (Phi) is 2.03. The monoisotopic (exact) mass is 223 g/mol. The Morgan fingerprint density at radius 1 is 0.941 bits per heavy atom. The first-order chi connectivity index (χ1) is 8.42. The lowest BCUT2D eigenvalue weighted by Crippen LogP contribution is -2.15. The summed E-state index contributed by atoms with van der Waals surface area (Å²) < 4.78 is 0. The third-order valence-electron chi connectivity index (χ3n) is 4.55. The largest absolute Gasteiger partial charge is 0.316 e. The SMILES string of the molecule is c1ccc2cc(CC3C4CNCC43)ccc2c1. The number of hydrogen-bond donors (Lipinski definition) is 1. The molecule has 1 nitrogen and oxygen atoms in total. The number of rotatable bonds is 2. The van der Waals surface area contributed by atoms with Crippen LogP contribution in [0.15, 0.2) is 42.5 Å². The lowest BCUT2D eigenvalue weighted by molar-refractivity contribution is 0.594. The fourth-order valence-electron chi connectivity index (χ4n) is 3.49. The van der Waals surface area contributed by atoms with E-state index in [1.54, 1.807) is 0 Å². The number of hydrogen-bond acceptors (Lipinski definition) is 1. The minimum atomic E-state index is 0.956. The molecule has 0 aromatic heterocycles. The second-order valence-electron chi connectivity index (χ2n) is 5.54. The first-order valence-corrected chi connectivity index (χ1v) is 6.60. The van der Waals surface area contributed by atoms with Crippen LogP contribution in [0.1, 0.15) is 5.56 Å². The van der Waals surface area contributed by atoms with Crippen molar-refractivity contribution in [1.29, 1.82) is 0 Å². The summed E-state index contributed by atoms with van der Waals surface area (Å²) in [5.74, 6) is 2.90. The van der Waals surface area contributed by atoms with Crippen LogP contribution in [0.2, 0.25) is 0 Å². The van der Waals surface area contributed by atoms with Crippen LogP contribution >= 0.6 is 0 Å². The minimum absolute atomic E-state index is 0.956. The summed E-state index contributed by atoms with van der Waals surface area (Å²) >= 11 is 0. The van der Waals surface area contributed by atoms with Gasteiger partial charge in [-0.25, -0.2) is 0 Å². The number of nitrogens with one attached hydrogen (secondary N) is 1. The quantitative estimate of drug-likeness (QED) is 0.825. The van der Waals surface area contributed by atoms with Gasteiger partial charge < -0.3 is 5.32 Å². The van der Waals surface area contributed by atoms with Crippen molar-refractivity contribution in [2.45, 2.75) is 6.42 Å². The van der Waals surface area contributed by atoms with Gasteiger partial charge in [-0.3, -0.25) is 0 Å². The molecule has 0 bridgehead atoms. The van der Waals surface area contributed by atoms with Crippen LogP contribution in [0, 0.1) is 17.8 Å². The lowest BCUT2D eigenvalue weighted by atomic mass is 10.0. The molecule has 2 atom stereocenters. The van der Waals surface area contributed by atoms with E-state index in [9.17, 15) is 0 Å². The van der Waals surface area contributed by atoms with Crippen molar-refractivity contribution < 1.29 is 0 Å². The Morgan fingerprint density at radius 2 is 1.71 bits per heavy atom. The van der Waals surface area contributed by atoms with Gasteiger partial charge in [-0.1, -0.05) is 42.5 Å². The van der Waals surface area contributed by atoms with Gasteiger partial charge in [-0.2, -0.15) is 0 Å². The average Bonchev–Trinajstić information content (AvgIpc) is 2.82. The highest BCUT2D eigenvalue weighted by Gasteiger charge is 2.52. The molecule has 0 spiro atoms. The summed E-state index contributed by atoms with van der Waals surface area (Å²) in [5.41, 5.74) is 1.52. The molecule has 1 aliphatic heterocycles. The van der Waals surface area contributed by atoms with E-state index in [0.717, 1.165) is 17.8 Å². The standard InChI is InChI=1S/C16H17N/c1-2-4-13-7-11(5-6-12(13)3-1)8-14-15-9-17-10-16(14)15/h1-7,14-17H,8-10H2. The van der Waals surface area contributed by atoms with Crippen LogP contribution in [0.25, 0.3) is 10.8 Å². The van der Waals surface area contributed by atoms with Crippen LogP contribution in [0.3, 0.4) is 0 Å². The Balaban J connectivity index is 1.59. The highest BCUT2D eigenvalue weighted by atomic mass is 15.0. The summed E-state index contributed by atoms with van der Waals surface area (Å²) in [6.07, 6.45) is 1.28. The second kappa shape index (κ2) is 3.58. The molecule has 2 aromatic rings. The van der Waals surface area contributed by atoms with Gasteiger partial charge in [0.15, 0.2) is 0 Å². The Bertz CT molecular complexity index is 550. The van der Waals surface area contributed by atoms with Gasteiger partial charge in [-0.05, 0) is 53.6 Å². The van der Waals surface area contributed by atoms with Crippen LogP contribution in [-0.2, 0) is 6.42 Å². The lowest BCUT2D eigenvalue weighted by Gasteiger charge is -2.06. The zero-order chi connectivity index (χ0) is 11.2. The minimum Gasteiger partial charge on any atom is -0.316 e. The van der Waals surface area contributed by atoms with E-state index in [-0.39, 0.29) is 0 Å². The Labute approximate surface area is 102 Å². The summed E-state index contributed by atoms with van der Waals surface area (Å²) in [5, 5.41) is 6.21. The third kappa shape index (κ3) is 1.57. The summed E-state index contributed by atoms with van der Waals surface area (Å²) in [6, 6.07) is 15.6. The van der Waals surface area contributed by atoms with Gasteiger partial charge in [0.1, 0.15) is 0 Å². The predicted molar refractivity (Wildman–Crippen MR) is 71.0 cm³/mol. The highest BCUT2D eigenvalue weighted by Crippen LogP contribution is 2.50. The summed E-state index contributed by atoms with van der Waals surface area (Å²) in [4.78, 5) is 0. The van der Waals surface area contributed by atoms with Gasteiger partial charge in [0, 0.05) is 0 Å². The van der Waals surface area contributed by atoms with Crippen LogP contribution in [0.5, 0.6) is 0 Å². The maximum Gasteiger partial charge on any atom is -0.00143 e. The van der Waals surface area contributed by atoms with Gasteiger partial charge >= 0.3 is 0 Å². The summed E-state index contributed by atoms with van der Waals surface area (Å²) in [6.45, 7) is 2.51. The van der Waals surface area contributed by atoms with E-state index in [2.05, 4.69) is 47.8 Å². The molecule has 0 radical (unpaired) electrons. The van der Waals surface area contributed by atoms with E-state index in [0.29, 0.717) is 0 Å². The smallest absolute Gasteiger partial charge is 0.00143 e. The van der Waals surface area contributed by atoms with Crippen molar-refractivity contribution in [1.82, 2.24) is 5.32 Å². The van der Waals surface area contributed by atoms with Crippen molar-refractivity contribution in [3.05, 3.63) is 48.0 Å². The topological polar surface area (TPSA) is 12.0 Å². The zero-order valence-electron chi connectivity index (χ0n) is 9.89. The molecule has 1 N–H and O–H groups in total. The molecular formula is C16H17N. The zero-order valence-corrected chi connectivity index (χ0v) is 9.89. The Hall–Kier alpha value is -1.34. The van der Waals surface area contributed by atoms with E-state index in [4.69, 9.17) is 0 Å². The fraction of sp³-hybridized carbons (Fsp3) is 0.375. The van der Waals surface area contributed by atoms with E-state index >= 15 is 0 Å². The van der Waals surface area contributed by atoms with Gasteiger partial charge in [-0.15, -0.1) is 0 Å². The van der Waals surface area contributed by atoms with Crippen molar-refractivity contribution in [3.8, 4) is 0 Å². The van der Waals surface area contributed by atoms with E-state index in [1.807, 2.05) is 0 Å². The molecule has 17 heavy (non-hydrogen) atoms. The molecule has 0 amide bonds. The molecule has 1 heterocycles. The fourth-order valence-corrected chi connectivity index (χ4v) is 3.49. The van der Waals surface area contributed by atoms with Crippen molar-refractivity contribution in [2.24, 2.45) is 17.8 Å². The molecule has 2 aromatic carbocycles. The van der Waals surface area contributed by atoms with Gasteiger partial charge in [0.2, 0.25) is 0 Å². The molecule has 1 saturated heterocycles. The van der Waals surface area contributed by atoms with Gasteiger partial charge in [0.25, 0.3) is 0 Å². The van der Waals surface area contributed by atoms with E-state index in [1.165, 1.54) is 35.8 Å². The number of fused-ring (bicyclic) bond motifs is 2. The van der Waals surface area contributed by atoms with Crippen molar-refractivity contribution >= 4 is 10.8 Å². The maximum atomic E-state index is 3.47. The first-order valence-electron chi connectivity index (χ1n) is 6.60. The van der Waals surface area contributed by atoms with Crippen molar-refractivity contribution in [3.63, 3.8) is 0 Å². The molecule has 1 saturated carbocycles. The van der Waals surface area contributed by atoms with Gasteiger partial charge in [0.05, 0.1) is 0 Å². The highest BCUT2D eigenvalue weighted by molar-refractivity contribution is 5.83. The second-order valence-corrected chi connectivity index (χ2v) is 5.54. The normalized spacial score (nSPS) is 30.5. The first kappa shape index (κ1) is 9.67. The molecule has 1 aliphatic carbocycles.